The van der Waals surface area contributed by atoms with E-state index < -0.39 is 0 Å². The van der Waals surface area contributed by atoms with Crippen molar-refractivity contribution in [1.82, 2.24) is 10.3 Å². The van der Waals surface area contributed by atoms with Crippen LogP contribution in [0.15, 0.2) is 36.4 Å². The fourth-order valence-electron chi connectivity index (χ4n) is 1.52. The van der Waals surface area contributed by atoms with Crippen LogP contribution in [0.1, 0.15) is 17.4 Å². The van der Waals surface area contributed by atoms with Crippen molar-refractivity contribution in [1.29, 1.82) is 0 Å². The van der Waals surface area contributed by atoms with Crippen LogP contribution in [0.25, 0.3) is 10.9 Å². The first-order chi connectivity index (χ1) is 8.16. The zero-order valence-corrected chi connectivity index (χ0v) is 10.2. The quantitative estimate of drug-likeness (QED) is 0.849. The van der Waals surface area contributed by atoms with Gasteiger partial charge in [0.05, 0.1) is 5.52 Å². The highest BCUT2D eigenvalue weighted by Crippen LogP contribution is 2.11. The molecule has 0 fully saturated rings. The molecule has 0 aliphatic carbocycles. The Kier molecular flexibility index (Phi) is 3.59. The molecule has 2 aromatic rings. The van der Waals surface area contributed by atoms with Crippen molar-refractivity contribution in [3.05, 3.63) is 42.1 Å². The smallest absolute Gasteiger partial charge is 0.269 e. The molecule has 0 saturated heterocycles. The number of alkyl halides is 1. The fourth-order valence-corrected chi connectivity index (χ4v) is 1.59. The average molecular weight is 249 g/mol. The van der Waals surface area contributed by atoms with Gasteiger partial charge in [-0.15, -0.1) is 11.6 Å². The molecule has 1 aromatic carbocycles. The average Bonchev–Trinajstić information content (AvgIpc) is 2.35. The monoisotopic (exact) mass is 248 g/mol. The van der Waals surface area contributed by atoms with Gasteiger partial charge in [-0.05, 0) is 19.1 Å². The number of hydrogen-bond acceptors (Lipinski definition) is 2. The summed E-state index contributed by atoms with van der Waals surface area (Å²) >= 11 is 5.77. The third-order valence-electron chi connectivity index (χ3n) is 2.37. The third-order valence-corrected chi connectivity index (χ3v) is 2.53. The zero-order chi connectivity index (χ0) is 12.3. The number of para-hydroxylation sites is 1. The maximum atomic E-state index is 11.8. The Morgan fingerprint density at radius 2 is 2.12 bits per heavy atom. The minimum absolute atomic E-state index is 0.0839. The van der Waals surface area contributed by atoms with E-state index in [4.69, 9.17) is 11.6 Å². The Morgan fingerprint density at radius 1 is 1.35 bits per heavy atom. The standard InChI is InChI=1S/C13H13ClN2O/c1-9(14)8-15-13(17)12-7-6-10-4-2-3-5-11(10)16-12/h2-7,9H,8H2,1H3,(H,15,17). The fraction of sp³-hybridized carbons (Fsp3) is 0.231. The summed E-state index contributed by atoms with van der Waals surface area (Å²) in [5.74, 6) is -0.191. The first-order valence-corrected chi connectivity index (χ1v) is 5.88. The van der Waals surface area contributed by atoms with Crippen LogP contribution in [0.3, 0.4) is 0 Å². The Hall–Kier alpha value is -1.61. The molecule has 2 rings (SSSR count). The van der Waals surface area contributed by atoms with Crippen molar-refractivity contribution in [2.24, 2.45) is 0 Å². The summed E-state index contributed by atoms with van der Waals surface area (Å²) in [5, 5.41) is 3.67. The highest BCUT2D eigenvalue weighted by molar-refractivity contribution is 6.20. The van der Waals surface area contributed by atoms with E-state index in [0.29, 0.717) is 12.2 Å². The largest absolute Gasteiger partial charge is 0.349 e. The summed E-state index contributed by atoms with van der Waals surface area (Å²) in [6.45, 7) is 2.27. The molecule has 0 bridgehead atoms. The van der Waals surface area contributed by atoms with Gasteiger partial charge in [0, 0.05) is 17.3 Å². The number of nitrogens with one attached hydrogen (secondary N) is 1. The van der Waals surface area contributed by atoms with Crippen LogP contribution in [0.4, 0.5) is 0 Å². The molecule has 1 amide bonds. The Labute approximate surface area is 105 Å². The number of amides is 1. The van der Waals surface area contributed by atoms with Gasteiger partial charge in [0.1, 0.15) is 5.69 Å². The highest BCUT2D eigenvalue weighted by atomic mass is 35.5. The van der Waals surface area contributed by atoms with Gasteiger partial charge in [0.15, 0.2) is 0 Å². The van der Waals surface area contributed by atoms with Crippen LogP contribution in [0, 0.1) is 0 Å². The molecule has 1 N–H and O–H groups in total. The number of halogens is 1. The Morgan fingerprint density at radius 3 is 2.88 bits per heavy atom. The van der Waals surface area contributed by atoms with Crippen LogP contribution in [-0.4, -0.2) is 22.8 Å². The molecule has 88 valence electrons. The minimum atomic E-state index is -0.191. The first kappa shape index (κ1) is 11.9. The number of carbonyl (C=O) groups is 1. The zero-order valence-electron chi connectivity index (χ0n) is 9.48. The Bertz CT molecular complexity index is 540. The second kappa shape index (κ2) is 5.15. The van der Waals surface area contributed by atoms with E-state index in [9.17, 15) is 4.79 Å². The number of aromatic nitrogens is 1. The van der Waals surface area contributed by atoms with Crippen molar-refractivity contribution in [3.8, 4) is 0 Å². The number of pyridine rings is 1. The predicted octanol–water partition coefficient (Wildman–Crippen LogP) is 2.59. The molecule has 17 heavy (non-hydrogen) atoms. The van der Waals surface area contributed by atoms with Crippen LogP contribution in [0.2, 0.25) is 0 Å². The topological polar surface area (TPSA) is 42.0 Å². The predicted molar refractivity (Wildman–Crippen MR) is 69.4 cm³/mol. The summed E-state index contributed by atoms with van der Waals surface area (Å²) in [4.78, 5) is 16.1. The van der Waals surface area contributed by atoms with Gasteiger partial charge in [-0.25, -0.2) is 4.98 Å². The van der Waals surface area contributed by atoms with E-state index in [0.717, 1.165) is 10.9 Å². The summed E-state index contributed by atoms with van der Waals surface area (Å²) in [7, 11) is 0. The SMILES string of the molecule is CC(Cl)CNC(=O)c1ccc2ccccc2n1. The van der Waals surface area contributed by atoms with Gasteiger partial charge in [-0.3, -0.25) is 4.79 Å². The van der Waals surface area contributed by atoms with Gasteiger partial charge in [-0.2, -0.15) is 0 Å². The second-order valence-electron chi connectivity index (χ2n) is 3.88. The van der Waals surface area contributed by atoms with Crippen LogP contribution in [-0.2, 0) is 0 Å². The molecular weight excluding hydrogens is 236 g/mol. The lowest BCUT2D eigenvalue weighted by Crippen LogP contribution is -2.29. The molecule has 1 atom stereocenters. The number of hydrogen-bond donors (Lipinski definition) is 1. The van der Waals surface area contributed by atoms with Crippen LogP contribution in [0.5, 0.6) is 0 Å². The van der Waals surface area contributed by atoms with Gasteiger partial charge in [0.2, 0.25) is 0 Å². The summed E-state index contributed by atoms with van der Waals surface area (Å²) in [5.41, 5.74) is 1.24. The minimum Gasteiger partial charge on any atom is -0.349 e. The first-order valence-electron chi connectivity index (χ1n) is 5.45. The van der Waals surface area contributed by atoms with Crippen molar-refractivity contribution >= 4 is 28.4 Å². The number of carbonyl (C=O) groups excluding carboxylic acids is 1. The molecule has 0 saturated carbocycles. The molecule has 0 spiro atoms. The summed E-state index contributed by atoms with van der Waals surface area (Å²) in [6, 6.07) is 11.3. The third kappa shape index (κ3) is 2.94. The molecule has 1 unspecified atom stereocenters. The number of benzene rings is 1. The van der Waals surface area contributed by atoms with E-state index in [1.165, 1.54) is 0 Å². The van der Waals surface area contributed by atoms with Crippen molar-refractivity contribution in [2.75, 3.05) is 6.54 Å². The molecular formula is C13H13ClN2O. The lowest BCUT2D eigenvalue weighted by molar-refractivity contribution is 0.0949. The van der Waals surface area contributed by atoms with Gasteiger partial charge in [-0.1, -0.05) is 24.3 Å². The summed E-state index contributed by atoms with van der Waals surface area (Å²) < 4.78 is 0. The molecule has 0 radical (unpaired) electrons. The lowest BCUT2D eigenvalue weighted by atomic mass is 10.2. The van der Waals surface area contributed by atoms with Crippen molar-refractivity contribution in [3.63, 3.8) is 0 Å². The molecule has 0 aliphatic heterocycles. The van der Waals surface area contributed by atoms with E-state index in [1.807, 2.05) is 37.3 Å². The van der Waals surface area contributed by atoms with Gasteiger partial charge in [0.25, 0.3) is 5.91 Å². The number of fused-ring (bicyclic) bond motifs is 1. The van der Waals surface area contributed by atoms with E-state index in [-0.39, 0.29) is 11.3 Å². The van der Waals surface area contributed by atoms with Crippen LogP contribution >= 0.6 is 11.6 Å². The second-order valence-corrected chi connectivity index (χ2v) is 4.63. The van der Waals surface area contributed by atoms with E-state index in [1.54, 1.807) is 6.07 Å². The lowest BCUT2D eigenvalue weighted by Gasteiger charge is -2.06. The summed E-state index contributed by atoms with van der Waals surface area (Å²) in [6.07, 6.45) is 0. The molecule has 0 aliphatic rings. The number of nitrogens with zero attached hydrogens (tertiary/aromatic N) is 1. The van der Waals surface area contributed by atoms with Crippen molar-refractivity contribution in [2.45, 2.75) is 12.3 Å². The van der Waals surface area contributed by atoms with Gasteiger partial charge >= 0.3 is 0 Å². The molecule has 1 heterocycles. The molecule has 4 heteroatoms. The maximum Gasteiger partial charge on any atom is 0.269 e. The van der Waals surface area contributed by atoms with Gasteiger partial charge < -0.3 is 5.32 Å². The van der Waals surface area contributed by atoms with E-state index >= 15 is 0 Å². The number of rotatable bonds is 3. The van der Waals surface area contributed by atoms with Crippen LogP contribution < -0.4 is 5.32 Å². The maximum absolute atomic E-state index is 11.8. The Balaban J connectivity index is 2.21. The van der Waals surface area contributed by atoms with E-state index in [2.05, 4.69) is 10.3 Å². The molecule has 1 aromatic heterocycles. The highest BCUT2D eigenvalue weighted by Gasteiger charge is 2.08. The van der Waals surface area contributed by atoms with Crippen molar-refractivity contribution < 1.29 is 4.79 Å². The molecule has 3 nitrogen and oxygen atoms in total. The normalized spacial score (nSPS) is 12.4.